The van der Waals surface area contributed by atoms with E-state index in [9.17, 15) is 9.59 Å². The summed E-state index contributed by atoms with van der Waals surface area (Å²) in [4.78, 5) is 24.9. The Morgan fingerprint density at radius 2 is 2.05 bits per heavy atom. The first kappa shape index (κ1) is 15.0. The summed E-state index contributed by atoms with van der Waals surface area (Å²) in [5.41, 5.74) is 6.17. The van der Waals surface area contributed by atoms with E-state index in [4.69, 9.17) is 10.5 Å². The van der Waals surface area contributed by atoms with E-state index >= 15 is 0 Å². The van der Waals surface area contributed by atoms with Gasteiger partial charge in [-0.25, -0.2) is 0 Å². The molecule has 2 amide bonds. The van der Waals surface area contributed by atoms with Crippen LogP contribution in [0.5, 0.6) is 0 Å². The number of carbonyl (C=O) groups is 2. The fourth-order valence-corrected chi connectivity index (χ4v) is 2.45. The van der Waals surface area contributed by atoms with Crippen LogP contribution in [0.2, 0.25) is 0 Å². The quantitative estimate of drug-likeness (QED) is 0.881. The second kappa shape index (κ2) is 6.85. The van der Waals surface area contributed by atoms with Crippen molar-refractivity contribution < 1.29 is 14.3 Å². The van der Waals surface area contributed by atoms with Gasteiger partial charge in [-0.2, -0.15) is 0 Å². The van der Waals surface area contributed by atoms with Gasteiger partial charge in [-0.1, -0.05) is 28.1 Å². The summed E-state index contributed by atoms with van der Waals surface area (Å²) in [7, 11) is 0. The highest BCUT2D eigenvalue weighted by molar-refractivity contribution is 9.10. The summed E-state index contributed by atoms with van der Waals surface area (Å²) in [6.07, 6.45) is 1.14. The predicted octanol–water partition coefficient (Wildman–Crippen LogP) is 1.44. The van der Waals surface area contributed by atoms with E-state index in [-0.39, 0.29) is 12.5 Å². The molecule has 0 spiro atoms. The highest BCUT2D eigenvalue weighted by atomic mass is 79.9. The average molecular weight is 341 g/mol. The second-order valence-electron chi connectivity index (χ2n) is 4.79. The van der Waals surface area contributed by atoms with Crippen molar-refractivity contribution in [3.8, 4) is 0 Å². The van der Waals surface area contributed by atoms with E-state index < -0.39 is 12.0 Å². The number of nitrogens with zero attached hydrogens (tertiary/aromatic N) is 1. The largest absolute Gasteiger partial charge is 0.368 e. The van der Waals surface area contributed by atoms with E-state index in [0.29, 0.717) is 19.6 Å². The van der Waals surface area contributed by atoms with Gasteiger partial charge in [0, 0.05) is 17.6 Å². The molecule has 1 unspecified atom stereocenters. The first-order chi connectivity index (χ1) is 9.56. The number of ether oxygens (including phenoxy) is 1. The van der Waals surface area contributed by atoms with E-state index in [1.165, 1.54) is 4.90 Å². The van der Waals surface area contributed by atoms with Gasteiger partial charge in [0.1, 0.15) is 6.10 Å². The van der Waals surface area contributed by atoms with Gasteiger partial charge in [0.05, 0.1) is 6.54 Å². The number of halogens is 1. The Labute approximate surface area is 126 Å². The first-order valence-electron chi connectivity index (χ1n) is 6.49. The molecule has 2 rings (SSSR count). The molecule has 1 aliphatic rings. The van der Waals surface area contributed by atoms with E-state index in [1.54, 1.807) is 0 Å². The smallest absolute Gasteiger partial charge is 0.252 e. The number of benzene rings is 1. The molecule has 1 aromatic carbocycles. The maximum atomic E-state index is 12.3. The summed E-state index contributed by atoms with van der Waals surface area (Å²) in [6.45, 7) is 0.864. The van der Waals surface area contributed by atoms with E-state index in [0.717, 1.165) is 16.5 Å². The van der Waals surface area contributed by atoms with Gasteiger partial charge in [0.15, 0.2) is 0 Å². The van der Waals surface area contributed by atoms with Gasteiger partial charge in [-0.05, 0) is 30.5 Å². The van der Waals surface area contributed by atoms with Gasteiger partial charge >= 0.3 is 0 Å². The van der Waals surface area contributed by atoms with Crippen molar-refractivity contribution in [2.75, 3.05) is 13.2 Å². The molecule has 108 valence electrons. The maximum Gasteiger partial charge on any atom is 0.252 e. The first-order valence-corrected chi connectivity index (χ1v) is 7.28. The summed E-state index contributed by atoms with van der Waals surface area (Å²) < 4.78 is 6.35. The summed E-state index contributed by atoms with van der Waals surface area (Å²) in [6, 6.07) is 7.60. The van der Waals surface area contributed by atoms with Gasteiger partial charge < -0.3 is 15.4 Å². The lowest BCUT2D eigenvalue weighted by Crippen LogP contribution is -2.43. The molecular weight excluding hydrogens is 324 g/mol. The van der Waals surface area contributed by atoms with Crippen molar-refractivity contribution in [2.45, 2.75) is 25.5 Å². The number of primary amides is 1. The van der Waals surface area contributed by atoms with Crippen LogP contribution in [0.4, 0.5) is 0 Å². The van der Waals surface area contributed by atoms with Crippen LogP contribution in [0.15, 0.2) is 28.7 Å². The Morgan fingerprint density at radius 1 is 1.35 bits per heavy atom. The third kappa shape index (κ3) is 4.05. The summed E-state index contributed by atoms with van der Waals surface area (Å²) in [5, 5.41) is 0. The Kier molecular flexibility index (Phi) is 5.14. The number of hydrogen-bond acceptors (Lipinski definition) is 3. The van der Waals surface area contributed by atoms with Gasteiger partial charge in [-0.3, -0.25) is 9.59 Å². The second-order valence-corrected chi connectivity index (χ2v) is 5.70. The molecule has 1 saturated heterocycles. The SMILES string of the molecule is NC(=O)CN(Cc1ccc(Br)cc1)C(=O)C1CCCO1. The van der Waals surface area contributed by atoms with Gasteiger partial charge in [-0.15, -0.1) is 0 Å². The minimum Gasteiger partial charge on any atom is -0.368 e. The lowest BCUT2D eigenvalue weighted by Gasteiger charge is -2.24. The zero-order valence-electron chi connectivity index (χ0n) is 11.0. The lowest BCUT2D eigenvalue weighted by molar-refractivity contribution is -0.144. The molecular formula is C14H17BrN2O3. The highest BCUT2D eigenvalue weighted by Gasteiger charge is 2.29. The van der Waals surface area contributed by atoms with Gasteiger partial charge in [0.2, 0.25) is 5.91 Å². The minimum absolute atomic E-state index is 0.0885. The molecule has 5 nitrogen and oxygen atoms in total. The number of amides is 2. The monoisotopic (exact) mass is 340 g/mol. The van der Waals surface area contributed by atoms with Crippen LogP contribution in [-0.2, 0) is 20.9 Å². The average Bonchev–Trinajstić information content (AvgIpc) is 2.93. The van der Waals surface area contributed by atoms with Crippen molar-refractivity contribution in [1.82, 2.24) is 4.90 Å². The van der Waals surface area contributed by atoms with Crippen LogP contribution in [0.3, 0.4) is 0 Å². The number of rotatable bonds is 5. The highest BCUT2D eigenvalue weighted by Crippen LogP contribution is 2.17. The molecule has 0 aliphatic carbocycles. The topological polar surface area (TPSA) is 72.6 Å². The van der Waals surface area contributed by atoms with E-state index in [1.807, 2.05) is 24.3 Å². The molecule has 1 aliphatic heterocycles. The molecule has 20 heavy (non-hydrogen) atoms. The Morgan fingerprint density at radius 3 is 2.60 bits per heavy atom. The van der Waals surface area contributed by atoms with Crippen LogP contribution in [-0.4, -0.2) is 36.0 Å². The molecule has 0 radical (unpaired) electrons. The zero-order valence-corrected chi connectivity index (χ0v) is 12.6. The van der Waals surface area contributed by atoms with Crippen molar-refractivity contribution >= 4 is 27.7 Å². The molecule has 0 saturated carbocycles. The molecule has 6 heteroatoms. The minimum atomic E-state index is -0.520. The Bertz CT molecular complexity index is 484. The number of hydrogen-bond donors (Lipinski definition) is 1. The molecule has 1 atom stereocenters. The van der Waals surface area contributed by atoms with E-state index in [2.05, 4.69) is 15.9 Å². The lowest BCUT2D eigenvalue weighted by atomic mass is 10.1. The standard InChI is InChI=1S/C14H17BrN2O3/c15-11-5-3-10(4-6-11)8-17(9-13(16)18)14(19)12-2-1-7-20-12/h3-6,12H,1-2,7-9H2,(H2,16,18). The van der Waals surface area contributed by atoms with Crippen molar-refractivity contribution in [1.29, 1.82) is 0 Å². The molecule has 0 aromatic heterocycles. The third-order valence-corrected chi connectivity index (χ3v) is 3.68. The predicted molar refractivity (Wildman–Crippen MR) is 77.7 cm³/mol. The normalized spacial score (nSPS) is 17.9. The van der Waals surface area contributed by atoms with Crippen LogP contribution in [0.25, 0.3) is 0 Å². The number of carbonyl (C=O) groups excluding carboxylic acids is 2. The number of nitrogens with two attached hydrogens (primary N) is 1. The van der Waals surface area contributed by atoms with Crippen molar-refractivity contribution in [2.24, 2.45) is 5.73 Å². The van der Waals surface area contributed by atoms with Crippen molar-refractivity contribution in [3.63, 3.8) is 0 Å². The fourth-order valence-electron chi connectivity index (χ4n) is 2.19. The molecule has 2 N–H and O–H groups in total. The van der Waals surface area contributed by atoms with Crippen LogP contribution >= 0.6 is 15.9 Å². The maximum absolute atomic E-state index is 12.3. The Balaban J connectivity index is 2.08. The third-order valence-electron chi connectivity index (χ3n) is 3.15. The Hall–Kier alpha value is -1.40. The van der Waals surface area contributed by atoms with Crippen molar-refractivity contribution in [3.05, 3.63) is 34.3 Å². The van der Waals surface area contributed by atoms with Gasteiger partial charge in [0.25, 0.3) is 5.91 Å². The summed E-state index contributed by atoms with van der Waals surface area (Å²) in [5.74, 6) is -0.683. The molecule has 1 heterocycles. The van der Waals surface area contributed by atoms with Crippen LogP contribution in [0.1, 0.15) is 18.4 Å². The zero-order chi connectivity index (χ0) is 14.5. The van der Waals surface area contributed by atoms with Crippen LogP contribution < -0.4 is 5.73 Å². The fraction of sp³-hybridized carbons (Fsp3) is 0.429. The molecule has 0 bridgehead atoms. The molecule has 1 aromatic rings. The van der Waals surface area contributed by atoms with Crippen LogP contribution in [0, 0.1) is 0 Å². The molecule has 1 fully saturated rings. The summed E-state index contributed by atoms with van der Waals surface area (Å²) >= 11 is 3.36.